The molecule has 0 aliphatic carbocycles. The van der Waals surface area contributed by atoms with Gasteiger partial charge in [0.05, 0.1) is 6.61 Å². The Balaban J connectivity index is 2.41. The van der Waals surface area contributed by atoms with E-state index in [2.05, 4.69) is 22.6 Å². The minimum Gasteiger partial charge on any atom is -0.493 e. The molecule has 0 bridgehead atoms. The summed E-state index contributed by atoms with van der Waals surface area (Å²) < 4.78 is 6.52. The van der Waals surface area contributed by atoms with Crippen LogP contribution in [0.5, 0.6) is 5.75 Å². The van der Waals surface area contributed by atoms with Crippen molar-refractivity contribution in [1.29, 1.82) is 0 Å². The quantitative estimate of drug-likeness (QED) is 0.674. The maximum atomic E-state index is 8.52. The van der Waals surface area contributed by atoms with Crippen molar-refractivity contribution in [3.05, 3.63) is 27.8 Å². The van der Waals surface area contributed by atoms with Crippen molar-refractivity contribution in [1.82, 2.24) is 0 Å². The van der Waals surface area contributed by atoms with E-state index in [1.807, 2.05) is 24.3 Å². The van der Waals surface area contributed by atoms with Crippen molar-refractivity contribution in [2.24, 2.45) is 0 Å². The molecule has 0 radical (unpaired) electrons. The topological polar surface area (TPSA) is 29.5 Å². The van der Waals surface area contributed by atoms with Gasteiger partial charge in [-0.2, -0.15) is 0 Å². The molecule has 1 N–H and O–H groups in total. The minimum absolute atomic E-state index is 0.184. The first-order chi connectivity index (χ1) is 5.83. The number of halogens is 1. The zero-order valence-corrected chi connectivity index (χ0v) is 8.82. The van der Waals surface area contributed by atoms with Crippen molar-refractivity contribution in [3.63, 3.8) is 0 Å². The molecule has 0 heterocycles. The Bertz CT molecular complexity index is 238. The van der Waals surface area contributed by atoms with Crippen molar-refractivity contribution < 1.29 is 9.84 Å². The smallest absolute Gasteiger partial charge is 0.120 e. The van der Waals surface area contributed by atoms with Crippen LogP contribution >= 0.6 is 22.6 Å². The highest BCUT2D eigenvalue weighted by atomic mass is 127. The molecule has 0 amide bonds. The van der Waals surface area contributed by atoms with Gasteiger partial charge in [-0.15, -0.1) is 0 Å². The summed E-state index contributed by atoms with van der Waals surface area (Å²) in [5.41, 5.74) is 0. The zero-order chi connectivity index (χ0) is 8.81. The Morgan fingerprint density at radius 3 is 2.92 bits per heavy atom. The number of aliphatic hydroxyl groups excluding tert-OH is 1. The van der Waals surface area contributed by atoms with Gasteiger partial charge < -0.3 is 9.84 Å². The average molecular weight is 278 g/mol. The molecule has 0 saturated heterocycles. The number of hydrogen-bond acceptors (Lipinski definition) is 2. The molecule has 0 spiro atoms. The van der Waals surface area contributed by atoms with Crippen LogP contribution in [0.15, 0.2) is 24.3 Å². The van der Waals surface area contributed by atoms with Gasteiger partial charge in [0.15, 0.2) is 0 Å². The predicted molar refractivity (Wildman–Crippen MR) is 56.4 cm³/mol. The Kier molecular flexibility index (Phi) is 4.39. The van der Waals surface area contributed by atoms with Gasteiger partial charge in [-0.1, -0.05) is 6.07 Å². The fourth-order valence-electron chi connectivity index (χ4n) is 0.811. The van der Waals surface area contributed by atoms with Gasteiger partial charge in [0, 0.05) is 16.6 Å². The maximum absolute atomic E-state index is 8.52. The minimum atomic E-state index is 0.184. The number of aliphatic hydroxyl groups is 1. The van der Waals surface area contributed by atoms with E-state index < -0.39 is 0 Å². The standard InChI is InChI=1S/C9H11IO2/c10-8-3-1-4-9(7-8)12-6-2-5-11/h1,3-4,7,11H,2,5-6H2. The van der Waals surface area contributed by atoms with E-state index in [1.165, 1.54) is 0 Å². The SMILES string of the molecule is OCCCOc1cccc(I)c1. The fraction of sp³-hybridized carbons (Fsp3) is 0.333. The summed E-state index contributed by atoms with van der Waals surface area (Å²) in [6.07, 6.45) is 0.686. The molecule has 0 atom stereocenters. The van der Waals surface area contributed by atoms with Crippen molar-refractivity contribution in [3.8, 4) is 5.75 Å². The summed E-state index contributed by atoms with van der Waals surface area (Å²) >= 11 is 2.24. The fourth-order valence-corrected chi connectivity index (χ4v) is 1.33. The van der Waals surface area contributed by atoms with Crippen LogP contribution in [0.2, 0.25) is 0 Å². The van der Waals surface area contributed by atoms with Crippen LogP contribution < -0.4 is 4.74 Å². The van der Waals surface area contributed by atoms with Crippen LogP contribution in [0, 0.1) is 3.57 Å². The number of benzene rings is 1. The molecule has 2 nitrogen and oxygen atoms in total. The van der Waals surface area contributed by atoms with Gasteiger partial charge in [0.1, 0.15) is 5.75 Å². The molecular formula is C9H11IO2. The van der Waals surface area contributed by atoms with Gasteiger partial charge in [-0.3, -0.25) is 0 Å². The number of rotatable bonds is 4. The lowest BCUT2D eigenvalue weighted by molar-refractivity contribution is 0.233. The van der Waals surface area contributed by atoms with E-state index in [9.17, 15) is 0 Å². The van der Waals surface area contributed by atoms with Crippen LogP contribution in [-0.4, -0.2) is 18.3 Å². The summed E-state index contributed by atoms with van der Waals surface area (Å²) in [7, 11) is 0. The van der Waals surface area contributed by atoms with Crippen LogP contribution in [0.1, 0.15) is 6.42 Å². The van der Waals surface area contributed by atoms with Crippen molar-refractivity contribution >= 4 is 22.6 Å². The normalized spacial score (nSPS) is 9.83. The van der Waals surface area contributed by atoms with Crippen LogP contribution in [0.4, 0.5) is 0 Å². The van der Waals surface area contributed by atoms with E-state index in [-0.39, 0.29) is 6.61 Å². The second kappa shape index (κ2) is 5.37. The summed E-state index contributed by atoms with van der Waals surface area (Å²) in [5.74, 6) is 0.871. The summed E-state index contributed by atoms with van der Waals surface area (Å²) in [5, 5.41) is 8.52. The molecule has 0 aliphatic rings. The molecule has 0 aromatic heterocycles. The molecular weight excluding hydrogens is 267 g/mol. The van der Waals surface area contributed by atoms with E-state index in [0.29, 0.717) is 13.0 Å². The average Bonchev–Trinajstić information content (AvgIpc) is 2.05. The van der Waals surface area contributed by atoms with Gasteiger partial charge in [0.2, 0.25) is 0 Å². The maximum Gasteiger partial charge on any atom is 0.120 e. The molecule has 0 saturated carbocycles. The predicted octanol–water partition coefficient (Wildman–Crippen LogP) is 2.05. The first-order valence-corrected chi connectivity index (χ1v) is 4.90. The summed E-state index contributed by atoms with van der Waals surface area (Å²) in [6, 6.07) is 7.85. The molecule has 0 fully saturated rings. The third-order valence-corrected chi connectivity index (χ3v) is 2.04. The van der Waals surface area contributed by atoms with E-state index in [0.717, 1.165) is 9.32 Å². The number of ether oxygens (including phenoxy) is 1. The molecule has 66 valence electrons. The van der Waals surface area contributed by atoms with Gasteiger partial charge >= 0.3 is 0 Å². The molecule has 0 aliphatic heterocycles. The highest BCUT2D eigenvalue weighted by molar-refractivity contribution is 14.1. The molecule has 0 unspecified atom stereocenters. The lowest BCUT2D eigenvalue weighted by Gasteiger charge is -2.04. The van der Waals surface area contributed by atoms with Crippen LogP contribution in [0.25, 0.3) is 0 Å². The highest BCUT2D eigenvalue weighted by Gasteiger charge is 1.92. The van der Waals surface area contributed by atoms with Crippen molar-refractivity contribution in [2.75, 3.05) is 13.2 Å². The second-order valence-corrected chi connectivity index (χ2v) is 3.63. The lowest BCUT2D eigenvalue weighted by Crippen LogP contribution is -1.99. The van der Waals surface area contributed by atoms with E-state index in [1.54, 1.807) is 0 Å². The van der Waals surface area contributed by atoms with Crippen LogP contribution in [-0.2, 0) is 0 Å². The molecule has 1 aromatic rings. The molecule has 1 rings (SSSR count). The summed E-state index contributed by atoms with van der Waals surface area (Å²) in [6.45, 7) is 0.764. The first-order valence-electron chi connectivity index (χ1n) is 3.82. The Morgan fingerprint density at radius 1 is 1.42 bits per heavy atom. The Hall–Kier alpha value is -0.290. The van der Waals surface area contributed by atoms with Crippen molar-refractivity contribution in [2.45, 2.75) is 6.42 Å². The van der Waals surface area contributed by atoms with Gasteiger partial charge in [0.25, 0.3) is 0 Å². The lowest BCUT2D eigenvalue weighted by atomic mass is 10.3. The number of hydrogen-bond donors (Lipinski definition) is 1. The summed E-state index contributed by atoms with van der Waals surface area (Å²) in [4.78, 5) is 0. The van der Waals surface area contributed by atoms with Gasteiger partial charge in [-0.25, -0.2) is 0 Å². The first kappa shape index (κ1) is 9.80. The largest absolute Gasteiger partial charge is 0.493 e. The van der Waals surface area contributed by atoms with Crippen LogP contribution in [0.3, 0.4) is 0 Å². The van der Waals surface area contributed by atoms with E-state index >= 15 is 0 Å². The van der Waals surface area contributed by atoms with E-state index in [4.69, 9.17) is 9.84 Å². The Labute approximate surface area is 85.7 Å². The third-order valence-electron chi connectivity index (χ3n) is 1.37. The third kappa shape index (κ3) is 3.40. The van der Waals surface area contributed by atoms with Gasteiger partial charge in [-0.05, 0) is 40.8 Å². The molecule has 3 heteroatoms. The zero-order valence-electron chi connectivity index (χ0n) is 6.66. The highest BCUT2D eigenvalue weighted by Crippen LogP contribution is 2.14. The second-order valence-electron chi connectivity index (χ2n) is 2.38. The molecule has 1 aromatic carbocycles. The monoisotopic (exact) mass is 278 g/mol. The molecule has 12 heavy (non-hydrogen) atoms. The Morgan fingerprint density at radius 2 is 2.25 bits per heavy atom.